The van der Waals surface area contributed by atoms with Crippen molar-refractivity contribution in [3.63, 3.8) is 0 Å². The van der Waals surface area contributed by atoms with Gasteiger partial charge in [0.25, 0.3) is 0 Å². The minimum absolute atomic E-state index is 0.133. The highest BCUT2D eigenvalue weighted by molar-refractivity contribution is 5.73. The number of nitrogens with zero attached hydrogens (tertiary/aromatic N) is 2. The fraction of sp³-hybridized carbons (Fsp3) is 0.974. The van der Waals surface area contributed by atoms with Gasteiger partial charge in [0.15, 0.2) is 12.6 Å². The number of hydrogen-bond acceptors (Lipinski definition) is 14. The average molecular weight is 749 g/mol. The zero-order valence-electron chi connectivity index (χ0n) is 34.2. The third-order valence-electron chi connectivity index (χ3n) is 12.2. The van der Waals surface area contributed by atoms with Crippen LogP contribution in [-0.2, 0) is 33.2 Å². The van der Waals surface area contributed by atoms with Gasteiger partial charge in [0, 0.05) is 38.1 Å². The number of rotatable bonds is 7. The third-order valence-corrected chi connectivity index (χ3v) is 12.2. The number of aliphatic hydroxyl groups excluding tert-OH is 3. The highest BCUT2D eigenvalue weighted by Gasteiger charge is 2.52. The molecule has 3 aliphatic rings. The molecule has 3 saturated heterocycles. The van der Waals surface area contributed by atoms with Gasteiger partial charge in [0.05, 0.1) is 41.5 Å². The molecule has 1 unspecified atom stereocenters. The summed E-state index contributed by atoms with van der Waals surface area (Å²) < 4.78 is 37.5. The van der Waals surface area contributed by atoms with Crippen LogP contribution in [0.4, 0.5) is 0 Å². The van der Waals surface area contributed by atoms with Crippen LogP contribution >= 0.6 is 0 Å². The Hall–Kier alpha value is -1.01. The van der Waals surface area contributed by atoms with Gasteiger partial charge >= 0.3 is 5.97 Å². The van der Waals surface area contributed by atoms with Crippen molar-refractivity contribution in [2.24, 2.45) is 17.8 Å². The molecule has 0 radical (unpaired) electrons. The SMILES string of the molecule is CC[C@H]1OC(=O)[C@H](C)[C@@H](O[C@H]2C[C@@](C)(OC)[C@@H](O)C(C)O2)[C@H](C)[C@@H](O[C@@H]2O[C@@H](C)C[C@H](N(C)C)[C@H]2O)[C@](C)(O)C[C@@H](C)CN(C)[C@H](C)[C@@H](O)[C@]1(C)O. The smallest absolute Gasteiger partial charge is 0.311 e. The maximum absolute atomic E-state index is 14.2. The number of esters is 1. The Labute approximate surface area is 312 Å². The first-order valence-electron chi connectivity index (χ1n) is 19.1. The maximum atomic E-state index is 14.2. The molecule has 0 aliphatic carbocycles. The molecule has 14 heteroatoms. The van der Waals surface area contributed by atoms with Gasteiger partial charge in [0.1, 0.15) is 30.0 Å². The largest absolute Gasteiger partial charge is 0.459 e. The molecule has 52 heavy (non-hydrogen) atoms. The summed E-state index contributed by atoms with van der Waals surface area (Å²) in [4.78, 5) is 18.0. The second-order valence-electron chi connectivity index (χ2n) is 17.2. The van der Waals surface area contributed by atoms with Crippen molar-refractivity contribution in [2.45, 2.75) is 185 Å². The number of cyclic esters (lactones) is 1. The first kappa shape index (κ1) is 45.4. The van der Waals surface area contributed by atoms with E-state index in [-0.39, 0.29) is 37.3 Å². The lowest BCUT2D eigenvalue weighted by Crippen LogP contribution is -2.60. The van der Waals surface area contributed by atoms with Gasteiger partial charge in [-0.15, -0.1) is 0 Å². The number of carbonyl (C=O) groups excluding carboxylic acids is 1. The third kappa shape index (κ3) is 10.0. The van der Waals surface area contributed by atoms with E-state index in [9.17, 15) is 30.3 Å². The maximum Gasteiger partial charge on any atom is 0.311 e. The molecule has 3 aliphatic heterocycles. The lowest BCUT2D eigenvalue weighted by Gasteiger charge is -2.48. The van der Waals surface area contributed by atoms with Gasteiger partial charge < -0.3 is 63.8 Å². The van der Waals surface area contributed by atoms with Crippen LogP contribution in [0.3, 0.4) is 0 Å². The number of ether oxygens (including phenoxy) is 6. The average Bonchev–Trinajstić information content (AvgIpc) is 3.05. The molecule has 0 aromatic heterocycles. The summed E-state index contributed by atoms with van der Waals surface area (Å²) in [6.07, 6.45) is -8.19. The van der Waals surface area contributed by atoms with Crippen LogP contribution in [0.15, 0.2) is 0 Å². The summed E-state index contributed by atoms with van der Waals surface area (Å²) >= 11 is 0. The molecule has 14 nitrogen and oxygen atoms in total. The lowest BCUT2D eigenvalue weighted by atomic mass is 9.77. The molecule has 0 saturated carbocycles. The summed E-state index contributed by atoms with van der Waals surface area (Å²) in [7, 11) is 7.12. The second-order valence-corrected chi connectivity index (χ2v) is 17.2. The van der Waals surface area contributed by atoms with Crippen LogP contribution in [-0.4, -0.2) is 166 Å². The molecule has 0 aromatic rings. The van der Waals surface area contributed by atoms with Gasteiger partial charge in [0.2, 0.25) is 0 Å². The molecular weight excluding hydrogens is 676 g/mol. The highest BCUT2D eigenvalue weighted by atomic mass is 16.7. The van der Waals surface area contributed by atoms with E-state index in [2.05, 4.69) is 0 Å². The van der Waals surface area contributed by atoms with Gasteiger partial charge in [-0.25, -0.2) is 0 Å². The zero-order chi connectivity index (χ0) is 39.7. The van der Waals surface area contributed by atoms with Crippen LogP contribution < -0.4 is 0 Å². The Morgan fingerprint density at radius 1 is 0.942 bits per heavy atom. The zero-order valence-corrected chi connectivity index (χ0v) is 34.2. The van der Waals surface area contributed by atoms with E-state index in [0.29, 0.717) is 13.0 Å². The lowest BCUT2D eigenvalue weighted by molar-refractivity contribution is -0.318. The summed E-state index contributed by atoms with van der Waals surface area (Å²) in [5.74, 6) is -2.58. The van der Waals surface area contributed by atoms with E-state index in [1.807, 2.05) is 51.7 Å². The number of likely N-dealkylation sites (N-methyl/N-ethyl adjacent to an activating group) is 2. The minimum Gasteiger partial charge on any atom is -0.459 e. The molecule has 3 fully saturated rings. The van der Waals surface area contributed by atoms with E-state index in [4.69, 9.17) is 28.4 Å². The fourth-order valence-corrected chi connectivity index (χ4v) is 8.74. The number of hydrogen-bond donors (Lipinski definition) is 5. The normalized spacial score (nSPS) is 49.6. The van der Waals surface area contributed by atoms with Crippen LogP contribution in [0.2, 0.25) is 0 Å². The summed E-state index contributed by atoms with van der Waals surface area (Å²) in [6.45, 7) is 18.0. The molecule has 306 valence electrons. The van der Waals surface area contributed by atoms with Gasteiger partial charge in [-0.05, 0) is 94.8 Å². The summed E-state index contributed by atoms with van der Waals surface area (Å²) in [6, 6.07) is -0.808. The van der Waals surface area contributed by atoms with Crippen molar-refractivity contribution >= 4 is 5.97 Å². The Kier molecular flexibility index (Phi) is 15.6. The first-order chi connectivity index (χ1) is 23.9. The molecule has 3 rings (SSSR count). The summed E-state index contributed by atoms with van der Waals surface area (Å²) in [5, 5.41) is 58.1. The number of aliphatic hydroxyl groups is 5. The standard InChI is InChI=1S/C38H72N2O12/c1-15-27-38(10,46)31(42)24(6)40(13)19-20(2)17-36(8,45)33(52-35-29(41)26(39(11)12)16-21(3)48-35)22(4)30(23(5)34(44)50-27)51-28-18-37(9,47-14)32(43)25(7)49-28/h20-33,35,41-43,45-46H,15-19H2,1-14H3/t20-,21+,22+,23-,24-,25?,26+,27-,28+,29-,30+,31-,32+,33-,35+,36-,37-,38-/m1/s1. The molecule has 0 amide bonds. The molecule has 0 aromatic carbocycles. The van der Waals surface area contributed by atoms with E-state index in [1.165, 1.54) is 14.0 Å². The Morgan fingerprint density at radius 3 is 2.12 bits per heavy atom. The fourth-order valence-electron chi connectivity index (χ4n) is 8.74. The highest BCUT2D eigenvalue weighted by Crippen LogP contribution is 2.40. The Bertz CT molecular complexity index is 1140. The second kappa shape index (κ2) is 17.8. The summed E-state index contributed by atoms with van der Waals surface area (Å²) in [5.41, 5.74) is -4.37. The van der Waals surface area contributed by atoms with Crippen molar-refractivity contribution in [3.05, 3.63) is 0 Å². The molecule has 18 atom stereocenters. The predicted octanol–water partition coefficient (Wildman–Crippen LogP) is 1.90. The molecule has 0 spiro atoms. The van der Waals surface area contributed by atoms with Crippen LogP contribution in [0.5, 0.6) is 0 Å². The van der Waals surface area contributed by atoms with E-state index in [0.717, 1.165) is 0 Å². The van der Waals surface area contributed by atoms with Crippen molar-refractivity contribution in [1.82, 2.24) is 9.80 Å². The molecule has 3 heterocycles. The van der Waals surface area contributed by atoms with Crippen LogP contribution in [0.25, 0.3) is 0 Å². The van der Waals surface area contributed by atoms with Crippen molar-refractivity contribution in [1.29, 1.82) is 0 Å². The Balaban J connectivity index is 2.17. The van der Waals surface area contributed by atoms with Gasteiger partial charge in [-0.2, -0.15) is 0 Å². The molecule has 5 N–H and O–H groups in total. The quantitative estimate of drug-likeness (QED) is 0.238. The number of carbonyl (C=O) groups is 1. The monoisotopic (exact) mass is 749 g/mol. The van der Waals surface area contributed by atoms with Gasteiger partial charge in [-0.3, -0.25) is 4.79 Å². The van der Waals surface area contributed by atoms with Crippen molar-refractivity contribution in [3.8, 4) is 0 Å². The van der Waals surface area contributed by atoms with Crippen LogP contribution in [0.1, 0.15) is 94.9 Å². The predicted molar refractivity (Wildman–Crippen MR) is 194 cm³/mol. The topological polar surface area (TPSA) is 180 Å². The molecule has 0 bridgehead atoms. The van der Waals surface area contributed by atoms with Crippen molar-refractivity contribution in [2.75, 3.05) is 34.8 Å². The van der Waals surface area contributed by atoms with E-state index in [1.54, 1.807) is 41.5 Å². The van der Waals surface area contributed by atoms with Crippen molar-refractivity contribution < 1.29 is 58.7 Å². The van der Waals surface area contributed by atoms with Gasteiger partial charge in [-0.1, -0.05) is 20.8 Å². The first-order valence-corrected chi connectivity index (χ1v) is 19.1. The Morgan fingerprint density at radius 2 is 1.56 bits per heavy atom. The van der Waals surface area contributed by atoms with E-state index < -0.39 is 96.0 Å². The van der Waals surface area contributed by atoms with Crippen LogP contribution in [0, 0.1) is 17.8 Å². The molecular formula is C38H72N2O12. The van der Waals surface area contributed by atoms with E-state index >= 15 is 0 Å². The number of methoxy groups -OCH3 is 1. The minimum atomic E-state index is -1.80.